The van der Waals surface area contributed by atoms with Crippen LogP contribution >= 0.6 is 0 Å². The van der Waals surface area contributed by atoms with Crippen molar-refractivity contribution in [2.24, 2.45) is 5.92 Å². The van der Waals surface area contributed by atoms with Crippen LogP contribution in [0.2, 0.25) is 0 Å². The van der Waals surface area contributed by atoms with Gasteiger partial charge in [0.2, 0.25) is 0 Å². The van der Waals surface area contributed by atoms with E-state index in [1.54, 1.807) is 0 Å². The normalized spacial score (nSPS) is 18.3. The third kappa shape index (κ3) is 3.27. The Morgan fingerprint density at radius 3 is 2.37 bits per heavy atom. The fourth-order valence-corrected chi connectivity index (χ4v) is 3.61. The minimum atomic E-state index is -4.73. The van der Waals surface area contributed by atoms with Gasteiger partial charge in [0.15, 0.2) is 9.84 Å². The van der Waals surface area contributed by atoms with Gasteiger partial charge in [-0.15, -0.1) is 0 Å². The number of sulfone groups is 1. The van der Waals surface area contributed by atoms with Crippen LogP contribution < -0.4 is 0 Å². The van der Waals surface area contributed by atoms with Gasteiger partial charge in [0.25, 0.3) is 0 Å². The summed E-state index contributed by atoms with van der Waals surface area (Å²) < 4.78 is 62.2. The Morgan fingerprint density at radius 1 is 1.26 bits per heavy atom. The molecule has 0 spiro atoms. The summed E-state index contributed by atoms with van der Waals surface area (Å²) in [6.45, 7) is 0. The standard InChI is InChI=1S/C12H13F3O3S/c13-12(14,15)9-3-1-2-4-11(9)19(17,18)7-10(16)8-5-6-8/h1-4,8,10,16H,5-7H2. The van der Waals surface area contributed by atoms with Crippen LogP contribution in [0.25, 0.3) is 0 Å². The van der Waals surface area contributed by atoms with E-state index in [1.165, 1.54) is 6.07 Å². The molecule has 0 aliphatic heterocycles. The molecule has 1 aromatic rings. The molecule has 0 heterocycles. The monoisotopic (exact) mass is 294 g/mol. The average molecular weight is 294 g/mol. The van der Waals surface area contributed by atoms with Crippen molar-refractivity contribution in [2.75, 3.05) is 5.75 Å². The molecule has 1 unspecified atom stereocenters. The topological polar surface area (TPSA) is 54.4 Å². The number of halogens is 3. The van der Waals surface area contributed by atoms with Gasteiger partial charge in [0.05, 0.1) is 22.3 Å². The van der Waals surface area contributed by atoms with Crippen LogP contribution in [0.15, 0.2) is 29.2 Å². The zero-order chi connectivity index (χ0) is 14.3. The summed E-state index contributed by atoms with van der Waals surface area (Å²) in [7, 11) is -4.15. The molecule has 0 aromatic heterocycles. The molecule has 1 atom stereocenters. The van der Waals surface area contributed by atoms with E-state index in [-0.39, 0.29) is 5.92 Å². The molecular formula is C12H13F3O3S. The number of hydrogen-bond donors (Lipinski definition) is 1. The first kappa shape index (κ1) is 14.3. The second kappa shape index (κ2) is 4.79. The van der Waals surface area contributed by atoms with Crippen LogP contribution in [0.5, 0.6) is 0 Å². The van der Waals surface area contributed by atoms with Gasteiger partial charge in [-0.3, -0.25) is 0 Å². The lowest BCUT2D eigenvalue weighted by molar-refractivity contribution is -0.139. The van der Waals surface area contributed by atoms with E-state index >= 15 is 0 Å². The summed E-state index contributed by atoms with van der Waals surface area (Å²) >= 11 is 0. The highest BCUT2D eigenvalue weighted by molar-refractivity contribution is 7.91. The lowest BCUT2D eigenvalue weighted by Gasteiger charge is -2.15. The van der Waals surface area contributed by atoms with E-state index in [0.29, 0.717) is 0 Å². The first-order valence-corrected chi connectivity index (χ1v) is 7.44. The Hall–Kier alpha value is -1.08. The van der Waals surface area contributed by atoms with Gasteiger partial charge >= 0.3 is 6.18 Å². The average Bonchev–Trinajstić information content (AvgIpc) is 3.11. The maximum Gasteiger partial charge on any atom is 0.417 e. The molecule has 1 fully saturated rings. The van der Waals surface area contributed by atoms with Crippen molar-refractivity contribution in [3.8, 4) is 0 Å². The van der Waals surface area contributed by atoms with E-state index in [0.717, 1.165) is 31.0 Å². The molecule has 1 N–H and O–H groups in total. The third-order valence-electron chi connectivity index (χ3n) is 3.08. The summed E-state index contributed by atoms with van der Waals surface area (Å²) in [6, 6.07) is 4.04. The second-order valence-electron chi connectivity index (χ2n) is 4.68. The fraction of sp³-hybridized carbons (Fsp3) is 0.500. The van der Waals surface area contributed by atoms with Gasteiger partial charge in [-0.05, 0) is 30.9 Å². The molecule has 0 saturated heterocycles. The van der Waals surface area contributed by atoms with Gasteiger partial charge < -0.3 is 5.11 Å². The van der Waals surface area contributed by atoms with Gasteiger partial charge in [-0.1, -0.05) is 12.1 Å². The van der Waals surface area contributed by atoms with E-state index in [1.807, 2.05) is 0 Å². The molecule has 0 amide bonds. The summed E-state index contributed by atoms with van der Waals surface area (Å²) in [4.78, 5) is -0.762. The van der Waals surface area contributed by atoms with Gasteiger partial charge in [-0.2, -0.15) is 13.2 Å². The Labute approximate surface area is 109 Å². The minimum absolute atomic E-state index is 0.104. The first-order valence-electron chi connectivity index (χ1n) is 5.79. The van der Waals surface area contributed by atoms with Gasteiger partial charge in [0.1, 0.15) is 0 Å². The van der Waals surface area contributed by atoms with Crippen molar-refractivity contribution in [1.82, 2.24) is 0 Å². The zero-order valence-corrected chi connectivity index (χ0v) is 10.7. The van der Waals surface area contributed by atoms with E-state index < -0.39 is 38.3 Å². The van der Waals surface area contributed by atoms with Crippen LogP contribution in [0.4, 0.5) is 13.2 Å². The largest absolute Gasteiger partial charge is 0.417 e. The number of aliphatic hydroxyl groups is 1. The lowest BCUT2D eigenvalue weighted by Crippen LogP contribution is -2.24. The smallest absolute Gasteiger partial charge is 0.392 e. The maximum atomic E-state index is 12.8. The number of alkyl halides is 3. The van der Waals surface area contributed by atoms with Crippen molar-refractivity contribution in [2.45, 2.75) is 30.0 Å². The van der Waals surface area contributed by atoms with Crippen LogP contribution in [0.1, 0.15) is 18.4 Å². The Morgan fingerprint density at radius 2 is 1.84 bits per heavy atom. The highest BCUT2D eigenvalue weighted by atomic mass is 32.2. The predicted octanol–water partition coefficient (Wildman–Crippen LogP) is 2.25. The van der Waals surface area contributed by atoms with E-state index in [2.05, 4.69) is 0 Å². The number of aliphatic hydroxyl groups excluding tert-OH is 1. The van der Waals surface area contributed by atoms with Crippen molar-refractivity contribution >= 4 is 9.84 Å². The highest BCUT2D eigenvalue weighted by Gasteiger charge is 2.39. The SMILES string of the molecule is O=S(=O)(CC(O)C1CC1)c1ccccc1C(F)(F)F. The zero-order valence-electron chi connectivity index (χ0n) is 9.89. The summed E-state index contributed by atoms with van der Waals surface area (Å²) in [5.74, 6) is -0.766. The summed E-state index contributed by atoms with van der Waals surface area (Å²) in [5.41, 5.74) is -1.18. The minimum Gasteiger partial charge on any atom is -0.392 e. The number of benzene rings is 1. The van der Waals surface area contributed by atoms with Crippen molar-refractivity contribution in [1.29, 1.82) is 0 Å². The van der Waals surface area contributed by atoms with Crippen LogP contribution in [-0.4, -0.2) is 25.4 Å². The summed E-state index contributed by atoms with van der Waals surface area (Å²) in [5, 5.41) is 9.62. The van der Waals surface area contributed by atoms with Gasteiger partial charge in [-0.25, -0.2) is 8.42 Å². The highest BCUT2D eigenvalue weighted by Crippen LogP contribution is 2.37. The fourth-order valence-electron chi connectivity index (χ4n) is 1.90. The first-order chi connectivity index (χ1) is 8.72. The summed E-state index contributed by atoms with van der Waals surface area (Å²) in [6.07, 6.45) is -4.38. The Bertz CT molecular complexity index is 562. The van der Waals surface area contributed by atoms with Crippen molar-refractivity contribution < 1.29 is 26.7 Å². The molecule has 2 rings (SSSR count). The molecular weight excluding hydrogens is 281 g/mol. The van der Waals surface area contributed by atoms with E-state index in [9.17, 15) is 26.7 Å². The molecule has 3 nitrogen and oxygen atoms in total. The molecule has 1 saturated carbocycles. The molecule has 19 heavy (non-hydrogen) atoms. The van der Waals surface area contributed by atoms with Crippen molar-refractivity contribution in [3.05, 3.63) is 29.8 Å². The number of rotatable bonds is 4. The Balaban J connectivity index is 2.34. The van der Waals surface area contributed by atoms with Crippen LogP contribution in [0.3, 0.4) is 0 Å². The van der Waals surface area contributed by atoms with Gasteiger partial charge in [0, 0.05) is 0 Å². The molecule has 1 aliphatic carbocycles. The molecule has 7 heteroatoms. The molecule has 1 aromatic carbocycles. The van der Waals surface area contributed by atoms with Crippen LogP contribution in [-0.2, 0) is 16.0 Å². The molecule has 0 radical (unpaired) electrons. The lowest BCUT2D eigenvalue weighted by atomic mass is 10.2. The molecule has 0 bridgehead atoms. The van der Waals surface area contributed by atoms with Crippen molar-refractivity contribution in [3.63, 3.8) is 0 Å². The predicted molar refractivity (Wildman–Crippen MR) is 62.2 cm³/mol. The Kier molecular flexibility index (Phi) is 3.61. The third-order valence-corrected chi connectivity index (χ3v) is 4.89. The van der Waals surface area contributed by atoms with Crippen LogP contribution in [0, 0.1) is 5.92 Å². The maximum absolute atomic E-state index is 12.8. The second-order valence-corrected chi connectivity index (χ2v) is 6.68. The van der Waals surface area contributed by atoms with E-state index in [4.69, 9.17) is 0 Å². The quantitative estimate of drug-likeness (QED) is 0.926. The molecule has 106 valence electrons. The molecule has 1 aliphatic rings. The number of hydrogen-bond acceptors (Lipinski definition) is 3.